The van der Waals surface area contributed by atoms with Gasteiger partial charge in [-0.1, -0.05) is 18.2 Å². The van der Waals surface area contributed by atoms with Gasteiger partial charge in [0.15, 0.2) is 0 Å². The van der Waals surface area contributed by atoms with E-state index in [2.05, 4.69) is 0 Å². The first-order valence-electron chi connectivity index (χ1n) is 5.80. The zero-order chi connectivity index (χ0) is 13.6. The molecule has 0 aliphatic carbocycles. The summed E-state index contributed by atoms with van der Waals surface area (Å²) >= 11 is 0. The van der Waals surface area contributed by atoms with Crippen molar-refractivity contribution in [3.63, 3.8) is 0 Å². The van der Waals surface area contributed by atoms with Crippen LogP contribution in [0.3, 0.4) is 0 Å². The number of ether oxygens (including phenoxy) is 1. The molecule has 0 spiro atoms. The van der Waals surface area contributed by atoms with Crippen LogP contribution in [-0.4, -0.2) is 15.6 Å². The molecule has 1 atom stereocenters. The average molecular weight is 257 g/mol. The quantitative estimate of drug-likeness (QED) is 0.787. The van der Waals surface area contributed by atoms with Crippen LogP contribution in [0.15, 0.2) is 41.2 Å². The molecule has 1 aliphatic heterocycles. The van der Waals surface area contributed by atoms with Crippen LogP contribution in [0.1, 0.15) is 27.8 Å². The molecule has 1 aliphatic rings. The van der Waals surface area contributed by atoms with E-state index in [1.54, 1.807) is 31.2 Å². The van der Waals surface area contributed by atoms with Gasteiger partial charge < -0.3 is 9.84 Å². The van der Waals surface area contributed by atoms with Crippen LogP contribution < -0.4 is 5.56 Å². The number of aromatic nitrogens is 1. The number of carbonyl (C=O) groups excluding carboxylic acids is 1. The fourth-order valence-electron chi connectivity index (χ4n) is 2.31. The van der Waals surface area contributed by atoms with E-state index < -0.39 is 17.8 Å². The van der Waals surface area contributed by atoms with Crippen LogP contribution in [-0.2, 0) is 4.74 Å². The first-order valence-corrected chi connectivity index (χ1v) is 5.80. The maximum atomic E-state index is 12.0. The van der Waals surface area contributed by atoms with Crippen molar-refractivity contribution in [2.45, 2.75) is 13.2 Å². The van der Waals surface area contributed by atoms with Crippen molar-refractivity contribution in [2.75, 3.05) is 0 Å². The van der Waals surface area contributed by atoms with Crippen molar-refractivity contribution in [3.8, 4) is 5.75 Å². The summed E-state index contributed by atoms with van der Waals surface area (Å²) < 4.78 is 6.61. The summed E-state index contributed by atoms with van der Waals surface area (Å²) in [5.41, 5.74) is 1.24. The van der Waals surface area contributed by atoms with E-state index in [1.165, 1.54) is 10.6 Å². The molecule has 0 unspecified atom stereocenters. The molecule has 1 aromatic heterocycles. The molecule has 0 bridgehead atoms. The molecule has 5 nitrogen and oxygen atoms in total. The summed E-state index contributed by atoms with van der Waals surface area (Å²) in [5.74, 6) is -0.545. The highest BCUT2D eigenvalue weighted by Gasteiger charge is 2.33. The van der Waals surface area contributed by atoms with Crippen molar-refractivity contribution in [1.29, 1.82) is 0 Å². The molecule has 0 saturated carbocycles. The van der Waals surface area contributed by atoms with Crippen molar-refractivity contribution in [1.82, 2.24) is 4.57 Å². The Labute approximate surface area is 108 Å². The number of hydrogen-bond donors (Lipinski definition) is 1. The molecule has 0 radical (unpaired) electrons. The Kier molecular flexibility index (Phi) is 2.41. The van der Waals surface area contributed by atoms with E-state index in [-0.39, 0.29) is 5.75 Å². The van der Waals surface area contributed by atoms with E-state index in [0.29, 0.717) is 16.8 Å². The van der Waals surface area contributed by atoms with Crippen LogP contribution >= 0.6 is 0 Å². The van der Waals surface area contributed by atoms with E-state index in [1.807, 2.05) is 0 Å². The monoisotopic (exact) mass is 257 g/mol. The molecule has 2 aromatic rings. The van der Waals surface area contributed by atoms with Gasteiger partial charge in [-0.15, -0.1) is 0 Å². The van der Waals surface area contributed by atoms with Crippen molar-refractivity contribution in [3.05, 3.63) is 63.6 Å². The highest BCUT2D eigenvalue weighted by molar-refractivity contribution is 5.93. The third kappa shape index (κ3) is 1.71. The number of nitrogens with zero attached hydrogens (tertiary/aromatic N) is 1. The number of pyridine rings is 1. The Bertz CT molecular complexity index is 732. The van der Waals surface area contributed by atoms with Crippen molar-refractivity contribution >= 4 is 5.97 Å². The summed E-state index contributed by atoms with van der Waals surface area (Å²) in [5, 5.41) is 9.39. The SMILES string of the molecule is Cc1cc(O)cc(=O)n1[C@H]1OC(=O)c2ccccc21. The van der Waals surface area contributed by atoms with Gasteiger partial charge in [-0.25, -0.2) is 4.79 Å². The number of cyclic esters (lactones) is 1. The van der Waals surface area contributed by atoms with Crippen LogP contribution in [0.4, 0.5) is 0 Å². The second-order valence-electron chi connectivity index (χ2n) is 4.41. The summed E-state index contributed by atoms with van der Waals surface area (Å²) in [4.78, 5) is 23.7. The first-order chi connectivity index (χ1) is 9.08. The summed E-state index contributed by atoms with van der Waals surface area (Å²) in [7, 11) is 0. The molecule has 0 amide bonds. The van der Waals surface area contributed by atoms with Gasteiger partial charge in [0.1, 0.15) is 5.75 Å². The molecular weight excluding hydrogens is 246 g/mol. The topological polar surface area (TPSA) is 68.5 Å². The molecule has 0 saturated heterocycles. The van der Waals surface area contributed by atoms with E-state index >= 15 is 0 Å². The van der Waals surface area contributed by atoms with Gasteiger partial charge in [0.25, 0.3) is 5.56 Å². The third-order valence-corrected chi connectivity index (χ3v) is 3.15. The lowest BCUT2D eigenvalue weighted by Crippen LogP contribution is -2.26. The van der Waals surface area contributed by atoms with Gasteiger partial charge in [0.2, 0.25) is 6.23 Å². The van der Waals surface area contributed by atoms with E-state index in [0.717, 1.165) is 6.07 Å². The Hall–Kier alpha value is -2.56. The largest absolute Gasteiger partial charge is 0.508 e. The predicted molar refractivity (Wildman–Crippen MR) is 67.1 cm³/mol. The molecule has 0 fully saturated rings. The molecule has 96 valence electrons. The van der Waals surface area contributed by atoms with E-state index in [9.17, 15) is 14.7 Å². The predicted octanol–water partition coefficient (Wildman–Crippen LogP) is 1.58. The van der Waals surface area contributed by atoms with Crippen LogP contribution in [0.25, 0.3) is 0 Å². The summed E-state index contributed by atoms with van der Waals surface area (Å²) in [6, 6.07) is 9.50. The van der Waals surface area contributed by atoms with Gasteiger partial charge in [-0.05, 0) is 19.1 Å². The fraction of sp³-hybridized carbons (Fsp3) is 0.143. The minimum Gasteiger partial charge on any atom is -0.508 e. The molecule has 19 heavy (non-hydrogen) atoms. The minimum atomic E-state index is -0.767. The minimum absolute atomic E-state index is 0.101. The number of aryl methyl sites for hydroxylation is 1. The highest BCUT2D eigenvalue weighted by atomic mass is 16.6. The van der Waals surface area contributed by atoms with Gasteiger partial charge in [0.05, 0.1) is 5.56 Å². The Morgan fingerprint density at radius 2 is 1.95 bits per heavy atom. The van der Waals surface area contributed by atoms with Crippen LogP contribution in [0.5, 0.6) is 5.75 Å². The first kappa shape index (κ1) is 11.5. The van der Waals surface area contributed by atoms with Gasteiger partial charge in [0, 0.05) is 17.3 Å². The maximum Gasteiger partial charge on any atom is 0.340 e. The van der Waals surface area contributed by atoms with Gasteiger partial charge in [-0.3, -0.25) is 9.36 Å². The molecule has 2 heterocycles. The lowest BCUT2D eigenvalue weighted by molar-refractivity contribution is 0.0308. The maximum absolute atomic E-state index is 12.0. The zero-order valence-corrected chi connectivity index (χ0v) is 10.2. The van der Waals surface area contributed by atoms with E-state index in [4.69, 9.17) is 4.74 Å². The second-order valence-corrected chi connectivity index (χ2v) is 4.41. The molecule has 3 rings (SSSR count). The number of rotatable bonds is 1. The molecule has 1 N–H and O–H groups in total. The zero-order valence-electron chi connectivity index (χ0n) is 10.2. The number of hydrogen-bond acceptors (Lipinski definition) is 4. The lowest BCUT2D eigenvalue weighted by atomic mass is 10.1. The number of esters is 1. The summed E-state index contributed by atoms with van der Waals surface area (Å²) in [6.07, 6.45) is -0.767. The fourth-order valence-corrected chi connectivity index (χ4v) is 2.31. The number of benzene rings is 1. The van der Waals surface area contributed by atoms with Crippen molar-refractivity contribution < 1.29 is 14.6 Å². The number of fused-ring (bicyclic) bond motifs is 1. The normalized spacial score (nSPS) is 17.1. The number of carbonyl (C=O) groups is 1. The summed E-state index contributed by atoms with van der Waals surface area (Å²) in [6.45, 7) is 1.68. The third-order valence-electron chi connectivity index (χ3n) is 3.15. The Morgan fingerprint density at radius 3 is 2.68 bits per heavy atom. The van der Waals surface area contributed by atoms with Crippen LogP contribution in [0.2, 0.25) is 0 Å². The molecule has 1 aromatic carbocycles. The second kappa shape index (κ2) is 3.98. The van der Waals surface area contributed by atoms with Crippen LogP contribution in [0, 0.1) is 6.92 Å². The molecule has 5 heteroatoms. The molecular formula is C14H11NO4. The van der Waals surface area contributed by atoms with Gasteiger partial charge in [-0.2, -0.15) is 0 Å². The van der Waals surface area contributed by atoms with Gasteiger partial charge >= 0.3 is 5.97 Å². The number of aromatic hydroxyl groups is 1. The highest BCUT2D eigenvalue weighted by Crippen LogP contribution is 2.31. The Balaban J connectivity index is 2.21. The van der Waals surface area contributed by atoms with Crippen molar-refractivity contribution in [2.24, 2.45) is 0 Å². The Morgan fingerprint density at radius 1 is 1.21 bits per heavy atom. The lowest BCUT2D eigenvalue weighted by Gasteiger charge is -2.17. The smallest absolute Gasteiger partial charge is 0.340 e. The average Bonchev–Trinajstić information content (AvgIpc) is 2.67. The standard InChI is InChI=1S/C14H11NO4/c1-8-6-9(16)7-12(17)15(8)13-10-4-2-3-5-11(10)14(18)19-13/h2-7,13,16H,1H3/t13-/m0/s1.